The van der Waals surface area contributed by atoms with Gasteiger partial charge < -0.3 is 5.11 Å². The van der Waals surface area contributed by atoms with E-state index >= 15 is 0 Å². The molecule has 0 aromatic carbocycles. The van der Waals surface area contributed by atoms with Crippen molar-refractivity contribution in [2.45, 2.75) is 25.2 Å². The molecule has 0 bridgehead atoms. The van der Waals surface area contributed by atoms with Gasteiger partial charge >= 0.3 is 0 Å². The Labute approximate surface area is 95.3 Å². The zero-order valence-electron chi connectivity index (χ0n) is 9.69. The third kappa shape index (κ3) is 2.60. The van der Waals surface area contributed by atoms with E-state index in [4.69, 9.17) is 5.11 Å². The van der Waals surface area contributed by atoms with E-state index in [1.165, 1.54) is 4.68 Å². The highest BCUT2D eigenvalue weighted by molar-refractivity contribution is 7.89. The van der Waals surface area contributed by atoms with E-state index < -0.39 is 10.0 Å². The lowest BCUT2D eigenvalue weighted by Crippen LogP contribution is -2.26. The molecule has 0 spiro atoms. The molecular weight excluding hydrogens is 230 g/mol. The van der Waals surface area contributed by atoms with E-state index in [1.54, 1.807) is 20.9 Å². The van der Waals surface area contributed by atoms with E-state index in [0.29, 0.717) is 17.8 Å². The summed E-state index contributed by atoms with van der Waals surface area (Å²) in [6.07, 6.45) is 0.400. The molecule has 2 N–H and O–H groups in total. The zero-order valence-corrected chi connectivity index (χ0v) is 10.5. The predicted molar refractivity (Wildman–Crippen MR) is 59.6 cm³/mol. The summed E-state index contributed by atoms with van der Waals surface area (Å²) in [7, 11) is -1.81. The molecule has 0 saturated carbocycles. The fourth-order valence-electron chi connectivity index (χ4n) is 1.50. The lowest BCUT2D eigenvalue weighted by Gasteiger charge is -2.06. The maximum absolute atomic E-state index is 11.9. The summed E-state index contributed by atoms with van der Waals surface area (Å²) in [4.78, 5) is 0.230. The highest BCUT2D eigenvalue weighted by atomic mass is 32.2. The number of nitrogens with zero attached hydrogens (tertiary/aromatic N) is 2. The lowest BCUT2D eigenvalue weighted by atomic mass is 10.4. The fraction of sp³-hybridized carbons (Fsp3) is 0.667. The smallest absolute Gasteiger partial charge is 0.244 e. The van der Waals surface area contributed by atoms with Crippen molar-refractivity contribution in [2.75, 3.05) is 13.2 Å². The molecule has 92 valence electrons. The van der Waals surface area contributed by atoms with Gasteiger partial charge in [0.05, 0.1) is 11.4 Å². The second-order valence-electron chi connectivity index (χ2n) is 3.60. The summed E-state index contributed by atoms with van der Waals surface area (Å²) < 4.78 is 27.8. The Balaban J connectivity index is 2.98. The molecule has 0 aliphatic rings. The Morgan fingerprint density at radius 2 is 2.06 bits per heavy atom. The van der Waals surface area contributed by atoms with Crippen molar-refractivity contribution in [1.82, 2.24) is 14.5 Å². The minimum atomic E-state index is -3.52. The van der Waals surface area contributed by atoms with Gasteiger partial charge in [-0.25, -0.2) is 13.1 Å². The van der Waals surface area contributed by atoms with Crippen LogP contribution < -0.4 is 4.72 Å². The summed E-state index contributed by atoms with van der Waals surface area (Å²) in [6, 6.07) is 0. The number of aryl methyl sites for hydroxylation is 2. The van der Waals surface area contributed by atoms with Crippen LogP contribution in [0.1, 0.15) is 17.8 Å². The Bertz CT molecular complexity index is 465. The van der Waals surface area contributed by atoms with Gasteiger partial charge in [-0.3, -0.25) is 4.68 Å². The first-order chi connectivity index (χ1) is 7.40. The maximum atomic E-state index is 11.9. The Morgan fingerprint density at radius 1 is 1.44 bits per heavy atom. The van der Waals surface area contributed by atoms with Gasteiger partial charge in [0.1, 0.15) is 4.90 Å². The van der Waals surface area contributed by atoms with Gasteiger partial charge in [-0.2, -0.15) is 5.10 Å². The molecule has 0 atom stereocenters. The number of aliphatic hydroxyl groups is 1. The average molecular weight is 247 g/mol. The standard InChI is InChI=1S/C9H17N3O3S/c1-7-9(8(2)12(3)11-7)16(14,15)10-5-4-6-13/h10,13H,4-6H2,1-3H3. The van der Waals surface area contributed by atoms with Crippen LogP contribution in [0.25, 0.3) is 0 Å². The summed E-state index contributed by atoms with van der Waals surface area (Å²) in [5.74, 6) is 0. The molecule has 7 heteroatoms. The number of rotatable bonds is 5. The van der Waals surface area contributed by atoms with Gasteiger partial charge in [-0.05, 0) is 20.3 Å². The third-order valence-corrected chi connectivity index (χ3v) is 4.05. The highest BCUT2D eigenvalue weighted by Crippen LogP contribution is 2.17. The molecule has 0 saturated heterocycles. The molecule has 0 radical (unpaired) electrons. The molecule has 0 amide bonds. The van der Waals surface area contributed by atoms with Crippen LogP contribution in [-0.4, -0.2) is 36.5 Å². The number of aromatic nitrogens is 2. The van der Waals surface area contributed by atoms with Crippen LogP contribution in [0, 0.1) is 13.8 Å². The van der Waals surface area contributed by atoms with E-state index in [2.05, 4.69) is 9.82 Å². The Hall–Kier alpha value is -0.920. The van der Waals surface area contributed by atoms with E-state index in [-0.39, 0.29) is 18.0 Å². The van der Waals surface area contributed by atoms with Gasteiger partial charge in [0, 0.05) is 20.2 Å². The molecule has 0 unspecified atom stereocenters. The van der Waals surface area contributed by atoms with Crippen LogP contribution >= 0.6 is 0 Å². The summed E-state index contributed by atoms with van der Waals surface area (Å²) in [6.45, 7) is 3.56. The summed E-state index contributed by atoms with van der Waals surface area (Å²) in [5, 5.41) is 12.6. The largest absolute Gasteiger partial charge is 0.396 e. The van der Waals surface area contributed by atoms with Crippen LogP contribution in [0.15, 0.2) is 4.90 Å². The molecule has 1 aromatic rings. The minimum absolute atomic E-state index is 0.0342. The fourth-order valence-corrected chi connectivity index (χ4v) is 3.01. The van der Waals surface area contributed by atoms with Crippen LogP contribution in [0.5, 0.6) is 0 Å². The number of sulfonamides is 1. The molecular formula is C9H17N3O3S. The van der Waals surface area contributed by atoms with Crippen molar-refractivity contribution >= 4 is 10.0 Å². The molecule has 6 nitrogen and oxygen atoms in total. The monoisotopic (exact) mass is 247 g/mol. The first kappa shape index (κ1) is 13.1. The van der Waals surface area contributed by atoms with E-state index in [9.17, 15) is 8.42 Å². The van der Waals surface area contributed by atoms with Crippen molar-refractivity contribution in [2.24, 2.45) is 7.05 Å². The normalized spacial score (nSPS) is 12.0. The highest BCUT2D eigenvalue weighted by Gasteiger charge is 2.22. The number of aliphatic hydroxyl groups excluding tert-OH is 1. The SMILES string of the molecule is Cc1nn(C)c(C)c1S(=O)(=O)NCCCO. The van der Waals surface area contributed by atoms with Crippen molar-refractivity contribution < 1.29 is 13.5 Å². The third-order valence-electron chi connectivity index (χ3n) is 2.34. The number of hydrogen-bond donors (Lipinski definition) is 2. The molecule has 0 aliphatic heterocycles. The van der Waals surface area contributed by atoms with Gasteiger partial charge in [0.2, 0.25) is 10.0 Å². The van der Waals surface area contributed by atoms with Gasteiger partial charge in [-0.1, -0.05) is 0 Å². The van der Waals surface area contributed by atoms with Crippen molar-refractivity contribution in [1.29, 1.82) is 0 Å². The minimum Gasteiger partial charge on any atom is -0.396 e. The Morgan fingerprint density at radius 3 is 2.50 bits per heavy atom. The number of nitrogens with one attached hydrogen (secondary N) is 1. The van der Waals surface area contributed by atoms with Crippen molar-refractivity contribution in [3.05, 3.63) is 11.4 Å². The quantitative estimate of drug-likeness (QED) is 0.700. The maximum Gasteiger partial charge on any atom is 0.244 e. The number of hydrogen-bond acceptors (Lipinski definition) is 4. The second-order valence-corrected chi connectivity index (χ2v) is 5.30. The summed E-state index contributed by atoms with van der Waals surface area (Å²) >= 11 is 0. The van der Waals surface area contributed by atoms with Crippen molar-refractivity contribution in [3.8, 4) is 0 Å². The van der Waals surface area contributed by atoms with Gasteiger partial charge in [-0.15, -0.1) is 0 Å². The summed E-state index contributed by atoms with van der Waals surface area (Å²) in [5.41, 5.74) is 1.09. The topological polar surface area (TPSA) is 84.2 Å². The van der Waals surface area contributed by atoms with Crippen LogP contribution in [0.4, 0.5) is 0 Å². The zero-order chi connectivity index (χ0) is 12.3. The Kier molecular flexibility index (Phi) is 4.06. The molecule has 0 fully saturated rings. The molecule has 0 aliphatic carbocycles. The molecule has 1 rings (SSSR count). The first-order valence-corrected chi connectivity index (χ1v) is 6.49. The first-order valence-electron chi connectivity index (χ1n) is 5.01. The molecule has 1 aromatic heterocycles. The van der Waals surface area contributed by atoms with Crippen LogP contribution in [0.3, 0.4) is 0 Å². The average Bonchev–Trinajstić information content (AvgIpc) is 2.41. The van der Waals surface area contributed by atoms with Gasteiger partial charge in [0.25, 0.3) is 0 Å². The van der Waals surface area contributed by atoms with Crippen LogP contribution in [0.2, 0.25) is 0 Å². The second kappa shape index (κ2) is 4.94. The van der Waals surface area contributed by atoms with E-state index in [0.717, 1.165) is 0 Å². The van der Waals surface area contributed by atoms with E-state index in [1.807, 2.05) is 0 Å². The van der Waals surface area contributed by atoms with Crippen molar-refractivity contribution in [3.63, 3.8) is 0 Å². The molecule has 16 heavy (non-hydrogen) atoms. The molecule has 1 heterocycles. The lowest BCUT2D eigenvalue weighted by molar-refractivity contribution is 0.289. The van der Waals surface area contributed by atoms with Gasteiger partial charge in [0.15, 0.2) is 0 Å². The predicted octanol–water partition coefficient (Wildman–Crippen LogP) is -0.302. The van der Waals surface area contributed by atoms with Crippen LogP contribution in [-0.2, 0) is 17.1 Å².